The molecule has 2 N–H and O–H groups in total. The molecule has 26 heavy (non-hydrogen) atoms. The van der Waals surface area contributed by atoms with Crippen LogP contribution >= 0.6 is 24.0 Å². The number of ether oxygens (including phenoxy) is 2. The van der Waals surface area contributed by atoms with Crippen LogP contribution in [-0.4, -0.2) is 26.7 Å². The molecule has 142 valence electrons. The standard InChI is InChI=1S/C20H27N3O2.HI/c1-4-25-15-18-10-6-5-9-17(18)14-23-20(21-2)22-13-16-8-7-11-19(12-16)24-3;/h5-12H,4,13-15H2,1-3H3,(H2,21,22,23);1H. The number of nitrogens with zero attached hydrogens (tertiary/aromatic N) is 1. The second-order valence-electron chi connectivity index (χ2n) is 5.54. The van der Waals surface area contributed by atoms with Gasteiger partial charge in [0.15, 0.2) is 5.96 Å². The summed E-state index contributed by atoms with van der Waals surface area (Å²) in [6.07, 6.45) is 0. The minimum Gasteiger partial charge on any atom is -0.497 e. The highest BCUT2D eigenvalue weighted by atomic mass is 127. The predicted octanol–water partition coefficient (Wildman–Crippen LogP) is 3.71. The van der Waals surface area contributed by atoms with E-state index in [-0.39, 0.29) is 24.0 Å². The van der Waals surface area contributed by atoms with Crippen molar-refractivity contribution in [2.24, 2.45) is 4.99 Å². The molecule has 0 saturated heterocycles. The first kappa shape index (κ1) is 22.2. The summed E-state index contributed by atoms with van der Waals surface area (Å²) >= 11 is 0. The monoisotopic (exact) mass is 469 g/mol. The van der Waals surface area contributed by atoms with Gasteiger partial charge in [0.2, 0.25) is 0 Å². The summed E-state index contributed by atoms with van der Waals surface area (Å²) in [5.41, 5.74) is 3.54. The third kappa shape index (κ3) is 7.21. The zero-order chi connectivity index (χ0) is 17.9. The van der Waals surface area contributed by atoms with Crippen LogP contribution in [0.2, 0.25) is 0 Å². The maximum absolute atomic E-state index is 5.54. The van der Waals surface area contributed by atoms with Crippen molar-refractivity contribution in [2.75, 3.05) is 20.8 Å². The average molecular weight is 469 g/mol. The highest BCUT2D eigenvalue weighted by Crippen LogP contribution is 2.12. The van der Waals surface area contributed by atoms with Gasteiger partial charge in [0.25, 0.3) is 0 Å². The van der Waals surface area contributed by atoms with E-state index in [4.69, 9.17) is 9.47 Å². The van der Waals surface area contributed by atoms with Gasteiger partial charge in [0, 0.05) is 26.7 Å². The van der Waals surface area contributed by atoms with Gasteiger partial charge < -0.3 is 20.1 Å². The van der Waals surface area contributed by atoms with Gasteiger partial charge >= 0.3 is 0 Å². The lowest BCUT2D eigenvalue weighted by molar-refractivity contribution is 0.133. The first-order valence-corrected chi connectivity index (χ1v) is 8.48. The quantitative estimate of drug-likeness (QED) is 0.352. The second kappa shape index (κ2) is 12.5. The number of hydrogen-bond donors (Lipinski definition) is 2. The summed E-state index contributed by atoms with van der Waals surface area (Å²) in [5.74, 6) is 1.61. The van der Waals surface area contributed by atoms with Crippen LogP contribution in [0.1, 0.15) is 23.6 Å². The molecule has 0 spiro atoms. The van der Waals surface area contributed by atoms with E-state index >= 15 is 0 Å². The Morgan fingerprint density at radius 2 is 1.73 bits per heavy atom. The van der Waals surface area contributed by atoms with Crippen LogP contribution in [0.5, 0.6) is 5.75 Å². The summed E-state index contributed by atoms with van der Waals surface area (Å²) in [4.78, 5) is 4.28. The average Bonchev–Trinajstić information content (AvgIpc) is 2.67. The normalized spacial score (nSPS) is 10.8. The van der Waals surface area contributed by atoms with Gasteiger partial charge in [-0.15, -0.1) is 24.0 Å². The van der Waals surface area contributed by atoms with E-state index < -0.39 is 0 Å². The summed E-state index contributed by atoms with van der Waals surface area (Å²) in [6.45, 7) is 4.72. The molecule has 2 aromatic rings. The number of benzene rings is 2. The third-order valence-corrected chi connectivity index (χ3v) is 3.84. The molecular weight excluding hydrogens is 441 g/mol. The van der Waals surface area contributed by atoms with Crippen molar-refractivity contribution in [1.29, 1.82) is 0 Å². The Morgan fingerprint density at radius 1 is 1.00 bits per heavy atom. The molecule has 0 amide bonds. The highest BCUT2D eigenvalue weighted by Gasteiger charge is 2.04. The summed E-state index contributed by atoms with van der Waals surface area (Å²) in [5, 5.41) is 6.68. The number of halogens is 1. The van der Waals surface area contributed by atoms with Crippen LogP contribution in [0.15, 0.2) is 53.5 Å². The van der Waals surface area contributed by atoms with Gasteiger partial charge in [-0.25, -0.2) is 0 Å². The number of rotatable bonds is 8. The Balaban J connectivity index is 0.00000338. The lowest BCUT2D eigenvalue weighted by Gasteiger charge is -2.14. The van der Waals surface area contributed by atoms with Crippen molar-refractivity contribution < 1.29 is 9.47 Å². The van der Waals surface area contributed by atoms with E-state index in [0.29, 0.717) is 26.3 Å². The van der Waals surface area contributed by atoms with Crippen LogP contribution in [0, 0.1) is 0 Å². The van der Waals surface area contributed by atoms with E-state index in [9.17, 15) is 0 Å². The summed E-state index contributed by atoms with van der Waals surface area (Å²) in [6, 6.07) is 16.3. The largest absolute Gasteiger partial charge is 0.497 e. The molecule has 0 fully saturated rings. The molecular formula is C20H28IN3O2. The van der Waals surface area contributed by atoms with Crippen LogP contribution in [0.4, 0.5) is 0 Å². The van der Waals surface area contributed by atoms with E-state index in [2.05, 4.69) is 33.8 Å². The molecule has 0 unspecified atom stereocenters. The Morgan fingerprint density at radius 3 is 2.42 bits per heavy atom. The van der Waals surface area contributed by atoms with E-state index in [1.807, 2.05) is 37.3 Å². The van der Waals surface area contributed by atoms with Crippen LogP contribution in [-0.2, 0) is 24.4 Å². The van der Waals surface area contributed by atoms with Gasteiger partial charge in [0.1, 0.15) is 5.75 Å². The maximum Gasteiger partial charge on any atom is 0.191 e. The molecule has 0 atom stereocenters. The second-order valence-corrected chi connectivity index (χ2v) is 5.54. The SMILES string of the molecule is CCOCc1ccccc1CNC(=NC)NCc1cccc(OC)c1.I. The number of aliphatic imine (C=N–C) groups is 1. The number of methoxy groups -OCH3 is 1. The number of hydrogen-bond acceptors (Lipinski definition) is 3. The fraction of sp³-hybridized carbons (Fsp3) is 0.350. The molecule has 0 aliphatic heterocycles. The molecule has 0 bridgehead atoms. The molecule has 0 radical (unpaired) electrons. The molecule has 0 heterocycles. The minimum atomic E-state index is 0. The topological polar surface area (TPSA) is 54.9 Å². The minimum absolute atomic E-state index is 0. The molecule has 0 saturated carbocycles. The molecule has 2 rings (SSSR count). The van der Waals surface area contributed by atoms with Crippen molar-refractivity contribution in [3.63, 3.8) is 0 Å². The van der Waals surface area contributed by atoms with E-state index in [1.54, 1.807) is 14.2 Å². The van der Waals surface area contributed by atoms with Crippen molar-refractivity contribution in [3.8, 4) is 5.75 Å². The van der Waals surface area contributed by atoms with Gasteiger partial charge in [0.05, 0.1) is 13.7 Å². The first-order chi connectivity index (χ1) is 12.3. The zero-order valence-corrected chi connectivity index (χ0v) is 17.9. The third-order valence-electron chi connectivity index (χ3n) is 3.84. The summed E-state index contributed by atoms with van der Waals surface area (Å²) in [7, 11) is 3.44. The Bertz CT molecular complexity index is 692. The molecule has 5 nitrogen and oxygen atoms in total. The van der Waals surface area contributed by atoms with E-state index in [1.165, 1.54) is 11.1 Å². The lowest BCUT2D eigenvalue weighted by Crippen LogP contribution is -2.36. The van der Waals surface area contributed by atoms with Gasteiger partial charge in [-0.1, -0.05) is 36.4 Å². The van der Waals surface area contributed by atoms with Crippen molar-refractivity contribution in [2.45, 2.75) is 26.6 Å². The fourth-order valence-corrected chi connectivity index (χ4v) is 2.45. The number of nitrogens with one attached hydrogen (secondary N) is 2. The first-order valence-electron chi connectivity index (χ1n) is 8.48. The van der Waals surface area contributed by atoms with Crippen molar-refractivity contribution >= 4 is 29.9 Å². The zero-order valence-electron chi connectivity index (χ0n) is 15.6. The van der Waals surface area contributed by atoms with Gasteiger partial charge in [-0.3, -0.25) is 4.99 Å². The van der Waals surface area contributed by atoms with Crippen LogP contribution < -0.4 is 15.4 Å². The van der Waals surface area contributed by atoms with Crippen molar-refractivity contribution in [3.05, 3.63) is 65.2 Å². The van der Waals surface area contributed by atoms with Gasteiger partial charge in [-0.05, 0) is 35.7 Å². The fourth-order valence-electron chi connectivity index (χ4n) is 2.45. The van der Waals surface area contributed by atoms with E-state index in [0.717, 1.165) is 17.3 Å². The smallest absolute Gasteiger partial charge is 0.191 e. The van der Waals surface area contributed by atoms with Gasteiger partial charge in [-0.2, -0.15) is 0 Å². The molecule has 0 aliphatic carbocycles. The summed E-state index contributed by atoms with van der Waals surface area (Å²) < 4.78 is 10.8. The molecule has 2 aromatic carbocycles. The Labute approximate surface area is 173 Å². The van der Waals surface area contributed by atoms with Crippen molar-refractivity contribution in [1.82, 2.24) is 10.6 Å². The maximum atomic E-state index is 5.54. The molecule has 6 heteroatoms. The number of guanidine groups is 1. The molecule has 0 aliphatic rings. The van der Waals surface area contributed by atoms with Crippen LogP contribution in [0.3, 0.4) is 0 Å². The Kier molecular flexibility index (Phi) is 10.7. The molecule has 0 aromatic heterocycles. The highest BCUT2D eigenvalue weighted by molar-refractivity contribution is 14.0. The lowest BCUT2D eigenvalue weighted by atomic mass is 10.1. The predicted molar refractivity (Wildman–Crippen MR) is 117 cm³/mol. The van der Waals surface area contributed by atoms with Crippen LogP contribution in [0.25, 0.3) is 0 Å². The Hall–Kier alpha value is -1.80.